The van der Waals surface area contributed by atoms with Gasteiger partial charge in [0.05, 0.1) is 6.10 Å². The Morgan fingerprint density at radius 2 is 1.89 bits per heavy atom. The monoisotopic (exact) mass is 501 g/mol. The molecule has 2 amide bonds. The molecule has 2 heterocycles. The van der Waals surface area contributed by atoms with Crippen molar-refractivity contribution in [3.63, 3.8) is 0 Å². The van der Waals surface area contributed by atoms with Crippen molar-refractivity contribution in [1.82, 2.24) is 4.98 Å². The summed E-state index contributed by atoms with van der Waals surface area (Å²) in [6, 6.07) is 4.28. The van der Waals surface area contributed by atoms with Crippen molar-refractivity contribution in [3.05, 3.63) is 53.4 Å². The van der Waals surface area contributed by atoms with Crippen LogP contribution in [0.5, 0.6) is 5.75 Å². The quantitative estimate of drug-likeness (QED) is 0.574. The summed E-state index contributed by atoms with van der Waals surface area (Å²) in [5.41, 5.74) is 2.07. The molecule has 4 atom stereocenters. The lowest BCUT2D eigenvalue weighted by atomic mass is 9.77. The number of carbonyl (C=O) groups is 2. The molecule has 0 saturated carbocycles. The number of alkyl halides is 3. The Morgan fingerprint density at radius 1 is 1.23 bits per heavy atom. The van der Waals surface area contributed by atoms with Crippen LogP contribution in [-0.2, 0) is 9.53 Å². The lowest BCUT2D eigenvalue weighted by Crippen LogP contribution is -2.47. The highest BCUT2D eigenvalue weighted by atomic mass is 19.4. The van der Waals surface area contributed by atoms with Gasteiger partial charge in [-0.05, 0) is 39.0 Å². The molecule has 0 bridgehead atoms. The van der Waals surface area contributed by atoms with Gasteiger partial charge in [0.25, 0.3) is 11.8 Å². The molecule has 7 nitrogen and oxygen atoms in total. The number of anilines is 1. The molecule has 2 aromatic rings. The molecule has 1 aromatic heterocycles. The van der Waals surface area contributed by atoms with Crippen molar-refractivity contribution in [1.29, 1.82) is 0 Å². The second kappa shape index (κ2) is 9.40. The summed E-state index contributed by atoms with van der Waals surface area (Å²) in [5.74, 6) is -7.90. The Morgan fingerprint density at radius 3 is 2.46 bits per heavy atom. The van der Waals surface area contributed by atoms with Gasteiger partial charge in [0.15, 0.2) is 17.2 Å². The number of carbonyl (C=O) groups excluding carboxylic acids is 2. The zero-order valence-corrected chi connectivity index (χ0v) is 19.2. The van der Waals surface area contributed by atoms with Crippen molar-refractivity contribution in [3.8, 4) is 5.75 Å². The van der Waals surface area contributed by atoms with Crippen molar-refractivity contribution in [2.24, 2.45) is 11.7 Å². The van der Waals surface area contributed by atoms with Gasteiger partial charge < -0.3 is 20.5 Å². The first-order valence-corrected chi connectivity index (χ1v) is 10.6. The second-order valence-electron chi connectivity index (χ2n) is 8.69. The lowest BCUT2D eigenvalue weighted by molar-refractivity contribution is -0.272. The molecule has 0 unspecified atom stereocenters. The number of primary amides is 1. The fourth-order valence-electron chi connectivity index (χ4n) is 4.04. The Balaban J connectivity index is 2.10. The summed E-state index contributed by atoms with van der Waals surface area (Å²) >= 11 is 0. The SMILES string of the molecule is CC(C)Oc1c([C@@H]2[C@@H](C(=O)Nc3ccnc(C(N)=O)c3)O[C@](C)(C(F)(F)F)[C@@H]2C)ccc(F)c1F. The molecular weight excluding hydrogens is 477 g/mol. The van der Waals surface area contributed by atoms with E-state index in [9.17, 15) is 31.5 Å². The highest BCUT2D eigenvalue weighted by molar-refractivity contribution is 5.97. The molecule has 0 aliphatic carbocycles. The first-order chi connectivity index (χ1) is 16.2. The van der Waals surface area contributed by atoms with E-state index in [2.05, 4.69) is 10.3 Å². The number of ether oxygens (including phenoxy) is 2. The number of nitrogens with one attached hydrogen (secondary N) is 1. The van der Waals surface area contributed by atoms with Crippen LogP contribution in [0.1, 0.15) is 49.7 Å². The summed E-state index contributed by atoms with van der Waals surface area (Å²) < 4.78 is 81.6. The summed E-state index contributed by atoms with van der Waals surface area (Å²) in [6.45, 7) is 5.07. The van der Waals surface area contributed by atoms with E-state index >= 15 is 0 Å². The van der Waals surface area contributed by atoms with Gasteiger partial charge in [-0.25, -0.2) is 4.39 Å². The summed E-state index contributed by atoms with van der Waals surface area (Å²) in [4.78, 5) is 28.3. The number of pyridine rings is 1. The van der Waals surface area contributed by atoms with E-state index in [-0.39, 0.29) is 16.9 Å². The van der Waals surface area contributed by atoms with Crippen LogP contribution >= 0.6 is 0 Å². The number of amides is 2. The van der Waals surface area contributed by atoms with Crippen LogP contribution in [0.3, 0.4) is 0 Å². The first kappa shape index (κ1) is 26.3. The predicted molar refractivity (Wildman–Crippen MR) is 115 cm³/mol. The van der Waals surface area contributed by atoms with Crippen molar-refractivity contribution < 1.29 is 41.0 Å². The minimum absolute atomic E-state index is 0.0263. The molecule has 1 aliphatic heterocycles. The maximum Gasteiger partial charge on any atom is 0.417 e. The van der Waals surface area contributed by atoms with E-state index in [1.54, 1.807) is 0 Å². The van der Waals surface area contributed by atoms with Crippen LogP contribution < -0.4 is 15.8 Å². The number of halogens is 5. The van der Waals surface area contributed by atoms with Crippen LogP contribution in [0.15, 0.2) is 30.5 Å². The minimum atomic E-state index is -4.90. The number of nitrogens with two attached hydrogens (primary N) is 1. The van der Waals surface area contributed by atoms with Crippen LogP contribution in [0.2, 0.25) is 0 Å². The van der Waals surface area contributed by atoms with Gasteiger partial charge in [0.2, 0.25) is 5.82 Å². The number of benzene rings is 1. The van der Waals surface area contributed by atoms with E-state index in [0.717, 1.165) is 25.1 Å². The molecule has 3 rings (SSSR count). The van der Waals surface area contributed by atoms with Crippen LogP contribution in [0.4, 0.5) is 27.6 Å². The lowest BCUT2D eigenvalue weighted by Gasteiger charge is -2.32. The van der Waals surface area contributed by atoms with E-state index in [1.807, 2.05) is 0 Å². The number of hydrogen-bond acceptors (Lipinski definition) is 5. The Bertz CT molecular complexity index is 1140. The molecular formula is C23H24F5N3O4. The average molecular weight is 501 g/mol. The van der Waals surface area contributed by atoms with E-state index < -0.39 is 65.0 Å². The van der Waals surface area contributed by atoms with Crippen molar-refractivity contribution in [2.75, 3.05) is 5.32 Å². The standard InChI is InChI=1S/C23H24F5N3O4/c1-10(2)34-18-13(5-6-14(24)17(18)25)16-11(3)22(4,23(26,27)28)35-19(16)21(33)31-12-7-8-30-15(9-12)20(29)32/h5-11,16,19H,1-4H3,(H2,29,32)(H,30,31,33)/t11-,16-,19+,22+/m1/s1. The molecule has 3 N–H and O–H groups in total. The molecule has 1 aliphatic rings. The normalized spacial score (nSPS) is 24.5. The maximum absolute atomic E-state index is 14.7. The van der Waals surface area contributed by atoms with Gasteiger partial charge in [-0.3, -0.25) is 14.6 Å². The first-order valence-electron chi connectivity index (χ1n) is 10.6. The number of rotatable bonds is 6. The molecule has 1 saturated heterocycles. The minimum Gasteiger partial charge on any atom is -0.488 e. The Hall–Kier alpha value is -3.28. The third kappa shape index (κ3) is 4.93. The van der Waals surface area contributed by atoms with E-state index in [4.69, 9.17) is 15.2 Å². The number of nitrogens with zero attached hydrogens (tertiary/aromatic N) is 1. The molecule has 0 spiro atoms. The van der Waals surface area contributed by atoms with Gasteiger partial charge in [0, 0.05) is 29.3 Å². The molecule has 1 fully saturated rings. The molecule has 190 valence electrons. The maximum atomic E-state index is 14.7. The van der Waals surface area contributed by atoms with E-state index in [1.165, 1.54) is 33.0 Å². The second-order valence-corrected chi connectivity index (χ2v) is 8.69. The molecule has 0 radical (unpaired) electrons. The van der Waals surface area contributed by atoms with Gasteiger partial charge >= 0.3 is 6.18 Å². The van der Waals surface area contributed by atoms with Gasteiger partial charge in [0.1, 0.15) is 11.8 Å². The zero-order valence-electron chi connectivity index (χ0n) is 19.2. The van der Waals surface area contributed by atoms with Crippen molar-refractivity contribution in [2.45, 2.75) is 57.6 Å². The molecule has 1 aromatic carbocycles. The molecule has 12 heteroatoms. The molecule has 35 heavy (non-hydrogen) atoms. The van der Waals surface area contributed by atoms with Gasteiger partial charge in [-0.2, -0.15) is 17.6 Å². The third-order valence-corrected chi connectivity index (χ3v) is 6.00. The average Bonchev–Trinajstić information content (AvgIpc) is 3.04. The largest absolute Gasteiger partial charge is 0.488 e. The number of aromatic nitrogens is 1. The zero-order chi connectivity index (χ0) is 26.3. The van der Waals surface area contributed by atoms with Crippen molar-refractivity contribution >= 4 is 17.5 Å². The predicted octanol–water partition coefficient (Wildman–Crippen LogP) is 4.32. The van der Waals surface area contributed by atoms with Crippen LogP contribution in [0, 0.1) is 17.6 Å². The Kier molecular flexibility index (Phi) is 7.07. The van der Waals surface area contributed by atoms with Crippen LogP contribution in [0.25, 0.3) is 0 Å². The summed E-state index contributed by atoms with van der Waals surface area (Å²) in [7, 11) is 0. The Labute approximate surface area is 197 Å². The topological polar surface area (TPSA) is 104 Å². The smallest absolute Gasteiger partial charge is 0.417 e. The number of hydrogen-bond donors (Lipinski definition) is 2. The highest BCUT2D eigenvalue weighted by Crippen LogP contribution is 2.55. The fraction of sp³-hybridized carbons (Fsp3) is 0.435. The van der Waals surface area contributed by atoms with E-state index in [0.29, 0.717) is 0 Å². The summed E-state index contributed by atoms with van der Waals surface area (Å²) in [6.07, 6.45) is -6.14. The van der Waals surface area contributed by atoms with Gasteiger partial charge in [-0.15, -0.1) is 0 Å². The summed E-state index contributed by atoms with van der Waals surface area (Å²) in [5, 5.41) is 2.39. The third-order valence-electron chi connectivity index (χ3n) is 6.00. The van der Waals surface area contributed by atoms with Crippen LogP contribution in [-0.4, -0.2) is 40.8 Å². The highest BCUT2D eigenvalue weighted by Gasteiger charge is 2.66. The van der Waals surface area contributed by atoms with Gasteiger partial charge in [-0.1, -0.05) is 13.0 Å². The fourth-order valence-corrected chi connectivity index (χ4v) is 4.04.